The molecule has 0 heterocycles. The molecule has 0 aromatic heterocycles. The number of aliphatic carboxylic acids is 1. The number of carbonyl (C=O) groups is 4. The highest BCUT2D eigenvalue weighted by Crippen LogP contribution is 2.15. The first-order chi connectivity index (χ1) is 12.0. The van der Waals surface area contributed by atoms with Crippen LogP contribution in [0.25, 0.3) is 0 Å². The molecular weight excluding hydrogens is 363 g/mol. The molecule has 2 amide bonds. The lowest BCUT2D eigenvalue weighted by Gasteiger charge is -2.06. The van der Waals surface area contributed by atoms with Gasteiger partial charge >= 0.3 is 12.1 Å². The van der Waals surface area contributed by atoms with E-state index < -0.39 is 18.1 Å². The van der Waals surface area contributed by atoms with Crippen LogP contribution < -0.4 is 26.2 Å². The molecule has 0 aliphatic heterocycles. The molecule has 0 bridgehead atoms. The van der Waals surface area contributed by atoms with Gasteiger partial charge in [-0.2, -0.15) is 13.2 Å². The van der Waals surface area contributed by atoms with E-state index in [-0.39, 0.29) is 24.9 Å². The number of hydrogen-bond acceptors (Lipinski definition) is 6. The van der Waals surface area contributed by atoms with Gasteiger partial charge in [-0.15, -0.1) is 0 Å². The van der Waals surface area contributed by atoms with E-state index in [4.69, 9.17) is 14.6 Å². The van der Waals surface area contributed by atoms with E-state index in [2.05, 4.69) is 16.4 Å². The maximum Gasteiger partial charge on any atom is 0.430 e. The second-order valence-electron chi connectivity index (χ2n) is 4.49. The third-order valence-electron chi connectivity index (χ3n) is 2.29. The summed E-state index contributed by atoms with van der Waals surface area (Å²) in [5.74, 6) is -3.75. The van der Waals surface area contributed by atoms with Crippen LogP contribution in [-0.2, 0) is 19.2 Å². The number of quaternary nitrogens is 1. The Kier molecular flexibility index (Phi) is 9.37. The van der Waals surface area contributed by atoms with Crippen molar-refractivity contribution in [3.63, 3.8) is 0 Å². The van der Waals surface area contributed by atoms with Crippen LogP contribution in [0.5, 0.6) is 5.75 Å². The summed E-state index contributed by atoms with van der Waals surface area (Å²) in [4.78, 5) is 41.9. The first-order valence-electron chi connectivity index (χ1n) is 6.88. The Hall–Kier alpha value is -3.15. The third-order valence-corrected chi connectivity index (χ3v) is 2.29. The molecule has 0 aliphatic carbocycles. The maximum absolute atomic E-state index is 11.4. The number of alkyl halides is 3. The van der Waals surface area contributed by atoms with Crippen LogP contribution in [0, 0.1) is 0 Å². The van der Waals surface area contributed by atoms with Gasteiger partial charge in [0.1, 0.15) is 18.3 Å². The minimum atomic E-state index is -5.19. The summed E-state index contributed by atoms with van der Waals surface area (Å²) < 4.78 is 36.5. The number of ether oxygens (including phenoxy) is 1. The largest absolute Gasteiger partial charge is 0.542 e. The monoisotopic (exact) mass is 379 g/mol. The lowest BCUT2D eigenvalue weighted by Crippen LogP contribution is -2.57. The van der Waals surface area contributed by atoms with Gasteiger partial charge in [0, 0.05) is 12.6 Å². The highest BCUT2D eigenvalue weighted by molar-refractivity contribution is 5.88. The highest BCUT2D eigenvalue weighted by Gasteiger charge is 2.28. The standard InChI is InChI=1S/C12H15N3O4.C2HF3O2/c1-8(16)15-9-2-4-10(5-3-9)19-12(18)7-14-11(17)6-13;3-2(4,5)1(6)7/h2-5H,6-7,13H2,1H3,(H,14,17)(H,15,16);(H,6,7). The van der Waals surface area contributed by atoms with E-state index in [0.29, 0.717) is 11.4 Å². The van der Waals surface area contributed by atoms with Gasteiger partial charge in [-0.25, -0.2) is 4.79 Å². The van der Waals surface area contributed by atoms with Crippen molar-refractivity contribution in [2.75, 3.05) is 18.4 Å². The number of carboxylic acids is 1. The highest BCUT2D eigenvalue weighted by atomic mass is 19.4. The molecule has 12 heteroatoms. The average molecular weight is 379 g/mol. The molecule has 5 N–H and O–H groups in total. The Morgan fingerprint density at radius 1 is 1.15 bits per heavy atom. The molecule has 0 fully saturated rings. The molecule has 26 heavy (non-hydrogen) atoms. The quantitative estimate of drug-likeness (QED) is 0.406. The van der Waals surface area contributed by atoms with Crippen LogP contribution in [0.1, 0.15) is 6.92 Å². The summed E-state index contributed by atoms with van der Waals surface area (Å²) in [5, 5.41) is 13.7. The first kappa shape index (κ1) is 22.9. The summed E-state index contributed by atoms with van der Waals surface area (Å²) in [7, 11) is 0. The van der Waals surface area contributed by atoms with E-state index in [1.165, 1.54) is 6.92 Å². The normalized spacial score (nSPS) is 10.0. The van der Waals surface area contributed by atoms with Crippen molar-refractivity contribution in [2.24, 2.45) is 0 Å². The van der Waals surface area contributed by atoms with E-state index >= 15 is 0 Å². The van der Waals surface area contributed by atoms with Crippen molar-refractivity contribution in [2.45, 2.75) is 13.1 Å². The zero-order valence-corrected chi connectivity index (χ0v) is 13.5. The van der Waals surface area contributed by atoms with E-state index in [1.807, 2.05) is 0 Å². The topological polar surface area (TPSA) is 152 Å². The molecule has 0 saturated carbocycles. The number of benzene rings is 1. The van der Waals surface area contributed by atoms with Gasteiger partial charge in [-0.05, 0) is 24.3 Å². The lowest BCUT2D eigenvalue weighted by atomic mass is 10.3. The molecule has 1 rings (SSSR count). The number of hydrogen-bond donors (Lipinski definition) is 3. The van der Waals surface area contributed by atoms with Gasteiger partial charge in [-0.1, -0.05) is 0 Å². The molecule has 0 atom stereocenters. The second-order valence-corrected chi connectivity index (χ2v) is 4.49. The van der Waals surface area contributed by atoms with Crippen molar-refractivity contribution in [1.29, 1.82) is 0 Å². The molecule has 0 unspecified atom stereocenters. The molecule has 1 aromatic carbocycles. The lowest BCUT2D eigenvalue weighted by molar-refractivity contribution is -0.355. The average Bonchev–Trinajstić information content (AvgIpc) is 2.53. The van der Waals surface area contributed by atoms with Crippen molar-refractivity contribution >= 4 is 29.4 Å². The number of rotatable bonds is 5. The number of anilines is 1. The molecule has 0 spiro atoms. The molecular formula is C14H16F3N3O6. The Labute approximate surface area is 145 Å². The molecule has 9 nitrogen and oxygen atoms in total. The maximum atomic E-state index is 11.4. The zero-order chi connectivity index (χ0) is 20.3. The predicted octanol–water partition coefficient (Wildman–Crippen LogP) is -1.79. The summed E-state index contributed by atoms with van der Waals surface area (Å²) in [5.41, 5.74) is 3.99. The fourth-order valence-electron chi connectivity index (χ4n) is 1.24. The zero-order valence-electron chi connectivity index (χ0n) is 13.5. The van der Waals surface area contributed by atoms with Gasteiger partial charge in [0.15, 0.2) is 6.54 Å². The Bertz CT molecular complexity index is 646. The Morgan fingerprint density at radius 2 is 1.65 bits per heavy atom. The van der Waals surface area contributed by atoms with Gasteiger partial charge in [0.05, 0.1) is 0 Å². The van der Waals surface area contributed by atoms with Crippen LogP contribution in [0.4, 0.5) is 18.9 Å². The molecule has 0 saturated heterocycles. The SMILES string of the molecule is CC(=O)Nc1ccc(OC(=O)CNC(=O)C[NH3+])cc1.O=C([O-])C(F)(F)F. The van der Waals surface area contributed by atoms with E-state index in [0.717, 1.165) is 0 Å². The third kappa shape index (κ3) is 10.6. The van der Waals surface area contributed by atoms with E-state index in [1.54, 1.807) is 24.3 Å². The van der Waals surface area contributed by atoms with Crippen LogP contribution in [0.2, 0.25) is 0 Å². The number of esters is 1. The number of nitrogens with one attached hydrogen (secondary N) is 2. The van der Waals surface area contributed by atoms with Gasteiger partial charge in [0.25, 0.3) is 5.91 Å². The molecule has 144 valence electrons. The first-order valence-corrected chi connectivity index (χ1v) is 6.88. The van der Waals surface area contributed by atoms with Crippen molar-refractivity contribution in [1.82, 2.24) is 5.32 Å². The van der Waals surface area contributed by atoms with Crippen molar-refractivity contribution < 1.29 is 47.9 Å². The smallest absolute Gasteiger partial charge is 0.430 e. The summed E-state index contributed by atoms with van der Waals surface area (Å²) >= 11 is 0. The Balaban J connectivity index is 0.000000758. The second kappa shape index (κ2) is 10.7. The Morgan fingerprint density at radius 3 is 2.04 bits per heavy atom. The van der Waals surface area contributed by atoms with Crippen LogP contribution in [-0.4, -0.2) is 43.0 Å². The molecule has 0 radical (unpaired) electrons. The number of carboxylic acid groups (broad SMARTS) is 1. The summed E-state index contributed by atoms with van der Waals surface area (Å²) in [6, 6.07) is 6.32. The van der Waals surface area contributed by atoms with Gasteiger partial charge in [0.2, 0.25) is 5.91 Å². The van der Waals surface area contributed by atoms with Gasteiger partial charge in [-0.3, -0.25) is 9.59 Å². The fraction of sp³-hybridized carbons (Fsp3) is 0.286. The number of amides is 2. The van der Waals surface area contributed by atoms with Crippen LogP contribution in [0.3, 0.4) is 0 Å². The molecule has 0 aliphatic rings. The summed E-state index contributed by atoms with van der Waals surface area (Å²) in [6.07, 6.45) is -5.19. The minimum absolute atomic E-state index is 0.0681. The molecule has 1 aromatic rings. The van der Waals surface area contributed by atoms with Crippen LogP contribution in [0.15, 0.2) is 24.3 Å². The number of carbonyl (C=O) groups excluding carboxylic acids is 4. The fourth-order valence-corrected chi connectivity index (χ4v) is 1.24. The number of halogens is 3. The van der Waals surface area contributed by atoms with Crippen molar-refractivity contribution in [3.05, 3.63) is 24.3 Å². The minimum Gasteiger partial charge on any atom is -0.542 e. The summed E-state index contributed by atoms with van der Waals surface area (Å²) in [6.45, 7) is 1.26. The van der Waals surface area contributed by atoms with Crippen LogP contribution >= 0.6 is 0 Å². The van der Waals surface area contributed by atoms with Crippen molar-refractivity contribution in [3.8, 4) is 5.75 Å². The van der Waals surface area contributed by atoms with E-state index in [9.17, 15) is 27.6 Å². The van der Waals surface area contributed by atoms with Gasteiger partial charge < -0.3 is 31.0 Å². The predicted molar refractivity (Wildman–Crippen MR) is 78.2 cm³/mol.